The van der Waals surface area contributed by atoms with E-state index in [-0.39, 0.29) is 0 Å². The van der Waals surface area contributed by atoms with Gasteiger partial charge in [-0.05, 0) is 12.1 Å². The highest BCUT2D eigenvalue weighted by Gasteiger charge is 2.10. The number of ether oxygens (including phenoxy) is 1. The molecule has 0 fully saturated rings. The Morgan fingerprint density at radius 1 is 1.36 bits per heavy atom. The molecule has 0 saturated carbocycles. The van der Waals surface area contributed by atoms with Crippen LogP contribution in [0.4, 0.5) is 0 Å². The lowest BCUT2D eigenvalue weighted by molar-refractivity contribution is 0.294. The predicted molar refractivity (Wildman–Crippen MR) is 44.1 cm³/mol. The van der Waals surface area contributed by atoms with Crippen molar-refractivity contribution in [3.8, 4) is 5.75 Å². The summed E-state index contributed by atoms with van der Waals surface area (Å²) < 4.78 is 5.32. The van der Waals surface area contributed by atoms with Crippen LogP contribution < -0.4 is 10.1 Å². The Bertz CT molecular complexity index is 293. The molecule has 0 radical (unpaired) electrons. The van der Waals surface area contributed by atoms with Crippen LogP contribution in [0.25, 0.3) is 5.70 Å². The summed E-state index contributed by atoms with van der Waals surface area (Å²) in [6.45, 7) is 4.39. The van der Waals surface area contributed by atoms with Crippen LogP contribution in [0.2, 0.25) is 0 Å². The van der Waals surface area contributed by atoms with E-state index >= 15 is 0 Å². The summed E-state index contributed by atoms with van der Waals surface area (Å²) in [6.07, 6.45) is 0. The minimum atomic E-state index is 0.524. The van der Waals surface area contributed by atoms with Gasteiger partial charge in [0.05, 0.1) is 0 Å². The van der Waals surface area contributed by atoms with Crippen LogP contribution in [0, 0.1) is 0 Å². The number of rotatable bonds is 0. The smallest absolute Gasteiger partial charge is 0.159 e. The molecular formula is C9H9NO. The highest BCUT2D eigenvalue weighted by atomic mass is 16.5. The van der Waals surface area contributed by atoms with Crippen LogP contribution in [0.3, 0.4) is 0 Å². The van der Waals surface area contributed by atoms with E-state index in [1.807, 2.05) is 24.3 Å². The lowest BCUT2D eigenvalue weighted by Crippen LogP contribution is -2.23. The molecule has 1 aliphatic heterocycles. The van der Waals surface area contributed by atoms with Crippen molar-refractivity contribution < 1.29 is 4.74 Å². The largest absolute Gasteiger partial charge is 0.473 e. The number of fused-ring (bicyclic) bond motifs is 1. The van der Waals surface area contributed by atoms with E-state index in [1.165, 1.54) is 0 Å². The van der Waals surface area contributed by atoms with Crippen molar-refractivity contribution in [2.75, 3.05) is 6.73 Å². The van der Waals surface area contributed by atoms with Gasteiger partial charge >= 0.3 is 0 Å². The molecule has 1 N–H and O–H groups in total. The molecule has 0 aliphatic carbocycles. The second-order valence-electron chi connectivity index (χ2n) is 2.44. The molecule has 0 amide bonds. The molecule has 1 heterocycles. The van der Waals surface area contributed by atoms with Gasteiger partial charge in [0.2, 0.25) is 0 Å². The molecule has 0 spiro atoms. The van der Waals surface area contributed by atoms with Crippen LogP contribution in [0.5, 0.6) is 5.75 Å². The molecular weight excluding hydrogens is 138 g/mol. The van der Waals surface area contributed by atoms with Crippen molar-refractivity contribution in [1.29, 1.82) is 0 Å². The Hall–Kier alpha value is -1.44. The summed E-state index contributed by atoms with van der Waals surface area (Å²) >= 11 is 0. The molecule has 56 valence electrons. The number of para-hydroxylation sites is 1. The molecule has 0 unspecified atom stereocenters. The SMILES string of the molecule is C=C1NCOc2ccccc21. The van der Waals surface area contributed by atoms with Gasteiger partial charge in [-0.2, -0.15) is 0 Å². The molecule has 0 aromatic heterocycles. The summed E-state index contributed by atoms with van der Waals surface area (Å²) in [6, 6.07) is 7.86. The first-order chi connectivity index (χ1) is 5.38. The standard InChI is InChI=1S/C9H9NO/c1-7-8-4-2-3-5-9(8)11-6-10-7/h2-5,10H,1,6H2. The average Bonchev–Trinajstić information content (AvgIpc) is 2.06. The first-order valence-corrected chi connectivity index (χ1v) is 3.53. The molecule has 0 saturated heterocycles. The van der Waals surface area contributed by atoms with E-state index in [4.69, 9.17) is 4.74 Å². The van der Waals surface area contributed by atoms with E-state index in [2.05, 4.69) is 11.9 Å². The second-order valence-corrected chi connectivity index (χ2v) is 2.44. The normalized spacial score (nSPS) is 14.7. The quantitative estimate of drug-likeness (QED) is 0.601. The van der Waals surface area contributed by atoms with Crippen molar-refractivity contribution in [2.24, 2.45) is 0 Å². The first kappa shape index (κ1) is 6.28. The molecule has 0 atom stereocenters. The van der Waals surface area contributed by atoms with Crippen molar-refractivity contribution >= 4 is 5.70 Å². The van der Waals surface area contributed by atoms with Gasteiger partial charge in [-0.3, -0.25) is 0 Å². The van der Waals surface area contributed by atoms with Gasteiger partial charge in [0.1, 0.15) is 5.75 Å². The van der Waals surface area contributed by atoms with E-state index in [0.29, 0.717) is 6.73 Å². The van der Waals surface area contributed by atoms with Gasteiger partial charge < -0.3 is 10.1 Å². The molecule has 2 rings (SSSR count). The molecule has 2 nitrogen and oxygen atoms in total. The Labute approximate surface area is 65.5 Å². The molecule has 1 aromatic rings. The van der Waals surface area contributed by atoms with Crippen LogP contribution in [-0.2, 0) is 0 Å². The van der Waals surface area contributed by atoms with E-state index in [0.717, 1.165) is 17.0 Å². The Balaban J connectivity index is 2.52. The highest BCUT2D eigenvalue weighted by Crippen LogP contribution is 2.25. The van der Waals surface area contributed by atoms with Gasteiger partial charge in [-0.1, -0.05) is 18.7 Å². The minimum absolute atomic E-state index is 0.524. The Kier molecular flexibility index (Phi) is 1.32. The topological polar surface area (TPSA) is 21.3 Å². The van der Waals surface area contributed by atoms with Crippen LogP contribution in [0.1, 0.15) is 5.56 Å². The molecule has 11 heavy (non-hydrogen) atoms. The predicted octanol–water partition coefficient (Wildman–Crippen LogP) is 1.60. The van der Waals surface area contributed by atoms with Gasteiger partial charge in [0.25, 0.3) is 0 Å². The Morgan fingerprint density at radius 2 is 2.18 bits per heavy atom. The molecule has 1 aliphatic rings. The number of benzene rings is 1. The number of nitrogens with one attached hydrogen (secondary N) is 1. The molecule has 1 aromatic carbocycles. The van der Waals surface area contributed by atoms with E-state index in [9.17, 15) is 0 Å². The fraction of sp³-hybridized carbons (Fsp3) is 0.111. The zero-order chi connectivity index (χ0) is 7.68. The zero-order valence-corrected chi connectivity index (χ0v) is 6.13. The summed E-state index contributed by atoms with van der Waals surface area (Å²) in [5, 5.41) is 3.02. The van der Waals surface area contributed by atoms with E-state index in [1.54, 1.807) is 0 Å². The first-order valence-electron chi connectivity index (χ1n) is 3.53. The van der Waals surface area contributed by atoms with Crippen LogP contribution in [-0.4, -0.2) is 6.73 Å². The Morgan fingerprint density at radius 3 is 3.00 bits per heavy atom. The summed E-state index contributed by atoms with van der Waals surface area (Å²) in [5.41, 5.74) is 1.99. The van der Waals surface area contributed by atoms with Crippen molar-refractivity contribution in [3.63, 3.8) is 0 Å². The molecule has 2 heteroatoms. The van der Waals surface area contributed by atoms with Gasteiger partial charge in [-0.25, -0.2) is 0 Å². The maximum absolute atomic E-state index is 5.32. The molecule has 0 bridgehead atoms. The number of hydrogen-bond acceptors (Lipinski definition) is 2. The fourth-order valence-corrected chi connectivity index (χ4v) is 1.14. The van der Waals surface area contributed by atoms with Crippen molar-refractivity contribution in [1.82, 2.24) is 5.32 Å². The average molecular weight is 147 g/mol. The number of hydrogen-bond donors (Lipinski definition) is 1. The minimum Gasteiger partial charge on any atom is -0.473 e. The van der Waals surface area contributed by atoms with E-state index < -0.39 is 0 Å². The highest BCUT2D eigenvalue weighted by molar-refractivity contribution is 5.68. The van der Waals surface area contributed by atoms with Gasteiger partial charge in [0.15, 0.2) is 6.73 Å². The fourth-order valence-electron chi connectivity index (χ4n) is 1.14. The van der Waals surface area contributed by atoms with Crippen molar-refractivity contribution in [3.05, 3.63) is 36.4 Å². The zero-order valence-electron chi connectivity index (χ0n) is 6.13. The van der Waals surface area contributed by atoms with Crippen LogP contribution in [0.15, 0.2) is 30.8 Å². The second kappa shape index (κ2) is 2.31. The third kappa shape index (κ3) is 0.963. The monoisotopic (exact) mass is 147 g/mol. The lowest BCUT2D eigenvalue weighted by atomic mass is 10.1. The summed E-state index contributed by atoms with van der Waals surface area (Å²) in [5.74, 6) is 0.913. The summed E-state index contributed by atoms with van der Waals surface area (Å²) in [7, 11) is 0. The maximum Gasteiger partial charge on any atom is 0.159 e. The summed E-state index contributed by atoms with van der Waals surface area (Å²) in [4.78, 5) is 0. The third-order valence-electron chi connectivity index (χ3n) is 1.73. The van der Waals surface area contributed by atoms with Crippen molar-refractivity contribution in [2.45, 2.75) is 0 Å². The lowest BCUT2D eigenvalue weighted by Gasteiger charge is -2.20. The maximum atomic E-state index is 5.32. The van der Waals surface area contributed by atoms with Crippen LogP contribution >= 0.6 is 0 Å². The van der Waals surface area contributed by atoms with Gasteiger partial charge in [0, 0.05) is 11.3 Å². The third-order valence-corrected chi connectivity index (χ3v) is 1.73. The van der Waals surface area contributed by atoms with Gasteiger partial charge in [-0.15, -0.1) is 0 Å².